The molecule has 1 aliphatic rings. The number of amides is 1. The molecule has 10 heteroatoms. The van der Waals surface area contributed by atoms with Gasteiger partial charge < -0.3 is 4.90 Å². The number of carbonyl (C=O) groups excluding carboxylic acids is 1. The van der Waals surface area contributed by atoms with E-state index in [1.165, 1.54) is 35.6 Å². The first kappa shape index (κ1) is 21.0. The maximum absolute atomic E-state index is 13.8. The van der Waals surface area contributed by atoms with Crippen LogP contribution < -0.4 is 4.72 Å². The van der Waals surface area contributed by atoms with Crippen molar-refractivity contribution in [3.05, 3.63) is 52.1 Å². The van der Waals surface area contributed by atoms with Gasteiger partial charge in [0.1, 0.15) is 19.9 Å². The van der Waals surface area contributed by atoms with Crippen molar-refractivity contribution in [2.24, 2.45) is 0 Å². The largest absolute Gasteiger partial charge is 0.338 e. The van der Waals surface area contributed by atoms with Crippen LogP contribution in [0.1, 0.15) is 34.6 Å². The molecule has 1 aromatic carbocycles. The van der Waals surface area contributed by atoms with Crippen molar-refractivity contribution in [2.45, 2.75) is 30.4 Å². The molecule has 1 saturated heterocycles. The lowest BCUT2D eigenvalue weighted by atomic mass is 10.1. The Morgan fingerprint density at radius 1 is 1.20 bits per heavy atom. The molecule has 30 heavy (non-hydrogen) atoms. The lowest BCUT2D eigenvalue weighted by Crippen LogP contribution is -2.35. The predicted octanol–water partition coefficient (Wildman–Crippen LogP) is 4.75. The van der Waals surface area contributed by atoms with E-state index in [4.69, 9.17) is 0 Å². The Hall–Kier alpha value is -2.30. The number of aromatic nitrogens is 1. The fourth-order valence-corrected chi connectivity index (χ4v) is 6.60. The van der Waals surface area contributed by atoms with Crippen LogP contribution in [0.3, 0.4) is 0 Å². The van der Waals surface area contributed by atoms with Crippen LogP contribution in [-0.2, 0) is 10.0 Å². The Kier molecular flexibility index (Phi) is 5.90. The first-order valence-electron chi connectivity index (χ1n) is 9.48. The molecular weight excluding hydrogens is 445 g/mol. The summed E-state index contributed by atoms with van der Waals surface area (Å²) in [6, 6.07) is 7.10. The third-order valence-corrected chi connectivity index (χ3v) is 8.84. The highest BCUT2D eigenvalue weighted by molar-refractivity contribution is 7.94. The maximum atomic E-state index is 13.8. The van der Waals surface area contributed by atoms with E-state index in [-0.39, 0.29) is 15.8 Å². The highest BCUT2D eigenvalue weighted by Gasteiger charge is 2.25. The Labute approximate surface area is 182 Å². The van der Waals surface area contributed by atoms with Crippen LogP contribution in [-0.4, -0.2) is 37.3 Å². The number of anilines is 1. The molecule has 0 spiro atoms. The van der Waals surface area contributed by atoms with E-state index in [1.54, 1.807) is 18.4 Å². The average molecular weight is 466 g/mol. The standard InChI is InChI=1S/C20H20FN3O3S3/c1-13-18(20(25)24-9-5-2-6-10-24)29-19(22-13)14-11-17(28-12-14)30(26,27)23-16-8-4-3-7-15(16)21/h3-4,7-8,11-12,23H,2,5-6,9-10H2,1H3. The molecule has 0 bridgehead atoms. The zero-order valence-electron chi connectivity index (χ0n) is 16.2. The lowest BCUT2D eigenvalue weighted by Gasteiger charge is -2.26. The Balaban J connectivity index is 1.57. The quantitative estimate of drug-likeness (QED) is 0.590. The summed E-state index contributed by atoms with van der Waals surface area (Å²) >= 11 is 2.30. The van der Waals surface area contributed by atoms with Gasteiger partial charge >= 0.3 is 0 Å². The number of piperidine rings is 1. The summed E-state index contributed by atoms with van der Waals surface area (Å²) in [6.45, 7) is 3.31. The van der Waals surface area contributed by atoms with E-state index < -0.39 is 15.8 Å². The number of likely N-dealkylation sites (tertiary alicyclic amines) is 1. The van der Waals surface area contributed by atoms with Gasteiger partial charge in [-0.3, -0.25) is 9.52 Å². The molecule has 3 aromatic rings. The zero-order valence-corrected chi connectivity index (χ0v) is 18.7. The summed E-state index contributed by atoms with van der Waals surface area (Å²) in [7, 11) is -3.93. The molecule has 1 N–H and O–H groups in total. The summed E-state index contributed by atoms with van der Waals surface area (Å²) in [4.78, 5) is 19.8. The molecule has 1 fully saturated rings. The summed E-state index contributed by atoms with van der Waals surface area (Å²) in [5.74, 6) is -0.658. The van der Waals surface area contributed by atoms with Gasteiger partial charge in [0.15, 0.2) is 0 Å². The average Bonchev–Trinajstić information content (AvgIpc) is 3.37. The number of aryl methyl sites for hydroxylation is 1. The van der Waals surface area contributed by atoms with Crippen LogP contribution >= 0.6 is 22.7 Å². The number of sulfonamides is 1. The third-order valence-electron chi connectivity index (χ3n) is 4.84. The molecule has 2 aromatic heterocycles. The minimum absolute atomic E-state index is 0.0137. The minimum Gasteiger partial charge on any atom is -0.338 e. The first-order valence-corrected chi connectivity index (χ1v) is 12.7. The number of hydrogen-bond donors (Lipinski definition) is 1. The van der Waals surface area contributed by atoms with Gasteiger partial charge in [-0.05, 0) is 44.4 Å². The molecule has 0 atom stereocenters. The lowest BCUT2D eigenvalue weighted by molar-refractivity contribution is 0.0728. The van der Waals surface area contributed by atoms with Crippen molar-refractivity contribution in [2.75, 3.05) is 17.8 Å². The summed E-state index contributed by atoms with van der Waals surface area (Å²) in [6.07, 6.45) is 3.16. The van der Waals surface area contributed by atoms with Crippen molar-refractivity contribution in [3.63, 3.8) is 0 Å². The molecule has 0 unspecified atom stereocenters. The molecule has 158 valence electrons. The summed E-state index contributed by atoms with van der Waals surface area (Å²) in [5.41, 5.74) is 1.16. The second kappa shape index (κ2) is 8.44. The van der Waals surface area contributed by atoms with Crippen molar-refractivity contribution in [1.29, 1.82) is 0 Å². The van der Waals surface area contributed by atoms with Crippen LogP contribution in [0.4, 0.5) is 10.1 Å². The van der Waals surface area contributed by atoms with Crippen LogP contribution in [0.25, 0.3) is 10.6 Å². The monoisotopic (exact) mass is 465 g/mol. The topological polar surface area (TPSA) is 79.4 Å². The van der Waals surface area contributed by atoms with Crippen LogP contribution in [0, 0.1) is 12.7 Å². The van der Waals surface area contributed by atoms with Gasteiger partial charge in [-0.15, -0.1) is 22.7 Å². The molecule has 0 saturated carbocycles. The number of thiazole rings is 1. The molecule has 4 rings (SSSR count). The van der Waals surface area contributed by atoms with E-state index in [1.807, 2.05) is 4.90 Å². The van der Waals surface area contributed by atoms with Gasteiger partial charge in [0.2, 0.25) is 0 Å². The van der Waals surface area contributed by atoms with Crippen molar-refractivity contribution in [3.8, 4) is 10.6 Å². The number of hydrogen-bond acceptors (Lipinski definition) is 6. The predicted molar refractivity (Wildman–Crippen MR) is 117 cm³/mol. The molecule has 1 aliphatic heterocycles. The van der Waals surface area contributed by atoms with Gasteiger partial charge in [-0.25, -0.2) is 17.8 Å². The molecule has 3 heterocycles. The van der Waals surface area contributed by atoms with Crippen molar-refractivity contribution >= 4 is 44.3 Å². The van der Waals surface area contributed by atoms with E-state index in [9.17, 15) is 17.6 Å². The summed E-state index contributed by atoms with van der Waals surface area (Å²) < 4.78 is 41.4. The van der Waals surface area contributed by atoms with Gasteiger partial charge in [0.05, 0.1) is 11.4 Å². The zero-order chi connectivity index (χ0) is 21.3. The van der Waals surface area contributed by atoms with E-state index in [0.29, 0.717) is 21.1 Å². The van der Waals surface area contributed by atoms with Crippen molar-refractivity contribution in [1.82, 2.24) is 9.88 Å². The second-order valence-corrected chi connectivity index (χ2v) is 10.8. The number of benzene rings is 1. The number of nitrogens with one attached hydrogen (secondary N) is 1. The molecular formula is C20H20FN3O3S3. The highest BCUT2D eigenvalue weighted by atomic mass is 32.2. The molecule has 6 nitrogen and oxygen atoms in total. The number of carbonyl (C=O) groups is 1. The van der Waals surface area contributed by atoms with Crippen LogP contribution in [0.5, 0.6) is 0 Å². The van der Waals surface area contributed by atoms with Gasteiger partial charge in [0.25, 0.3) is 15.9 Å². The smallest absolute Gasteiger partial charge is 0.271 e. The second-order valence-electron chi connectivity index (χ2n) is 7.03. The number of nitrogens with zero attached hydrogens (tertiary/aromatic N) is 2. The Morgan fingerprint density at radius 3 is 2.67 bits per heavy atom. The normalized spacial score (nSPS) is 14.7. The summed E-state index contributed by atoms with van der Waals surface area (Å²) in [5, 5.41) is 2.28. The first-order chi connectivity index (χ1) is 14.3. The Bertz CT molecular complexity index is 1180. The van der Waals surface area contributed by atoms with Gasteiger partial charge in [0, 0.05) is 24.0 Å². The molecule has 1 amide bonds. The van der Waals surface area contributed by atoms with Gasteiger partial charge in [-0.1, -0.05) is 12.1 Å². The fourth-order valence-electron chi connectivity index (χ4n) is 3.27. The van der Waals surface area contributed by atoms with Gasteiger partial charge in [-0.2, -0.15) is 0 Å². The minimum atomic E-state index is -3.93. The number of rotatable bonds is 5. The Morgan fingerprint density at radius 2 is 1.93 bits per heavy atom. The fraction of sp³-hybridized carbons (Fsp3) is 0.300. The SMILES string of the molecule is Cc1nc(-c2csc(S(=O)(=O)Nc3ccccc3F)c2)sc1C(=O)N1CCCCC1. The highest BCUT2D eigenvalue weighted by Crippen LogP contribution is 2.34. The maximum Gasteiger partial charge on any atom is 0.271 e. The van der Waals surface area contributed by atoms with E-state index >= 15 is 0 Å². The van der Waals surface area contributed by atoms with E-state index in [2.05, 4.69) is 9.71 Å². The van der Waals surface area contributed by atoms with E-state index in [0.717, 1.165) is 43.7 Å². The number of thiophene rings is 1. The molecule has 0 radical (unpaired) electrons. The van der Waals surface area contributed by atoms with Crippen molar-refractivity contribution < 1.29 is 17.6 Å². The van der Waals surface area contributed by atoms with Crippen LogP contribution in [0.2, 0.25) is 0 Å². The van der Waals surface area contributed by atoms with Crippen LogP contribution in [0.15, 0.2) is 39.9 Å². The third kappa shape index (κ3) is 4.26. The number of halogens is 1. The number of para-hydroxylation sites is 1. The molecule has 0 aliphatic carbocycles.